The lowest BCUT2D eigenvalue weighted by atomic mass is 10.1. The molecule has 1 aliphatic heterocycles. The van der Waals surface area contributed by atoms with E-state index in [0.717, 1.165) is 6.42 Å². The lowest BCUT2D eigenvalue weighted by Gasteiger charge is -2.22. The molecule has 0 aromatic rings. The van der Waals surface area contributed by atoms with E-state index in [9.17, 15) is 8.42 Å². The molecule has 2 atom stereocenters. The van der Waals surface area contributed by atoms with Crippen LogP contribution in [0.2, 0.25) is 0 Å². The molecular weight excluding hydrogens is 228 g/mol. The molecule has 16 heavy (non-hydrogen) atoms. The van der Waals surface area contributed by atoms with Gasteiger partial charge in [-0.25, -0.2) is 12.7 Å². The highest BCUT2D eigenvalue weighted by Crippen LogP contribution is 2.24. The van der Waals surface area contributed by atoms with Crippen molar-refractivity contribution < 1.29 is 13.5 Å². The van der Waals surface area contributed by atoms with Gasteiger partial charge in [-0.15, -0.1) is 0 Å². The van der Waals surface area contributed by atoms with Crippen LogP contribution < -0.4 is 5.73 Å². The van der Waals surface area contributed by atoms with Crippen LogP contribution in [0.15, 0.2) is 0 Å². The van der Waals surface area contributed by atoms with Crippen LogP contribution in [0.1, 0.15) is 26.2 Å². The molecule has 0 amide bonds. The number of hydrogen-bond donors (Lipinski definition) is 2. The molecule has 0 spiro atoms. The fourth-order valence-corrected chi connectivity index (χ4v) is 4.02. The normalized spacial score (nSPS) is 24.8. The summed E-state index contributed by atoms with van der Waals surface area (Å²) in [4.78, 5) is 0. The minimum absolute atomic E-state index is 0.132. The predicted molar refractivity (Wildman–Crippen MR) is 63.4 cm³/mol. The van der Waals surface area contributed by atoms with Crippen molar-refractivity contribution in [2.75, 3.05) is 26.2 Å². The van der Waals surface area contributed by atoms with Gasteiger partial charge in [-0.05, 0) is 25.2 Å². The van der Waals surface area contributed by atoms with E-state index < -0.39 is 15.3 Å². The van der Waals surface area contributed by atoms with Gasteiger partial charge in [-0.2, -0.15) is 0 Å². The van der Waals surface area contributed by atoms with Crippen LogP contribution in [-0.4, -0.2) is 49.3 Å². The first-order chi connectivity index (χ1) is 7.56. The summed E-state index contributed by atoms with van der Waals surface area (Å²) >= 11 is 0. The lowest BCUT2D eigenvalue weighted by Crippen LogP contribution is -2.40. The second-order valence-corrected chi connectivity index (χ2v) is 6.55. The maximum absolute atomic E-state index is 12.1. The summed E-state index contributed by atoms with van der Waals surface area (Å²) < 4.78 is 25.8. The van der Waals surface area contributed by atoms with Crippen LogP contribution in [0.4, 0.5) is 0 Å². The van der Waals surface area contributed by atoms with Gasteiger partial charge in [0.25, 0.3) is 0 Å². The highest BCUT2D eigenvalue weighted by Gasteiger charge is 2.35. The molecule has 5 nitrogen and oxygen atoms in total. The van der Waals surface area contributed by atoms with E-state index in [2.05, 4.69) is 0 Å². The molecule has 0 bridgehead atoms. The Labute approximate surface area is 97.7 Å². The molecule has 0 aromatic carbocycles. The van der Waals surface area contributed by atoms with Gasteiger partial charge in [-0.3, -0.25) is 0 Å². The minimum atomic E-state index is -3.23. The zero-order valence-corrected chi connectivity index (χ0v) is 10.6. The van der Waals surface area contributed by atoms with Crippen molar-refractivity contribution in [1.82, 2.24) is 4.31 Å². The Bertz CT molecular complexity index is 301. The number of sulfonamides is 1. The van der Waals surface area contributed by atoms with Crippen LogP contribution in [-0.2, 0) is 10.0 Å². The maximum Gasteiger partial charge on any atom is 0.218 e. The summed E-state index contributed by atoms with van der Waals surface area (Å²) in [7, 11) is -3.23. The second-order valence-electron chi connectivity index (χ2n) is 4.34. The molecule has 1 rings (SSSR count). The SMILES string of the molecule is CCC(CN)S(=O)(=O)N1CCC(CCO)C1. The van der Waals surface area contributed by atoms with Gasteiger partial charge >= 0.3 is 0 Å². The molecule has 1 aliphatic rings. The topological polar surface area (TPSA) is 83.6 Å². The average molecular weight is 250 g/mol. The van der Waals surface area contributed by atoms with Crippen LogP contribution in [0.25, 0.3) is 0 Å². The van der Waals surface area contributed by atoms with Gasteiger partial charge in [0.05, 0.1) is 5.25 Å². The number of nitrogens with two attached hydrogens (primary N) is 1. The van der Waals surface area contributed by atoms with Gasteiger partial charge in [0.15, 0.2) is 0 Å². The van der Waals surface area contributed by atoms with E-state index in [4.69, 9.17) is 10.8 Å². The Morgan fingerprint density at radius 2 is 2.25 bits per heavy atom. The van der Waals surface area contributed by atoms with Gasteiger partial charge < -0.3 is 10.8 Å². The van der Waals surface area contributed by atoms with Crippen molar-refractivity contribution in [2.45, 2.75) is 31.4 Å². The first-order valence-corrected chi connectivity index (χ1v) is 7.36. The van der Waals surface area contributed by atoms with Gasteiger partial charge in [0, 0.05) is 26.2 Å². The third-order valence-electron chi connectivity index (χ3n) is 3.29. The molecule has 3 N–H and O–H groups in total. The maximum atomic E-state index is 12.1. The number of aliphatic hydroxyl groups is 1. The molecule has 0 aliphatic carbocycles. The molecule has 96 valence electrons. The summed E-state index contributed by atoms with van der Waals surface area (Å²) in [5.74, 6) is 0.301. The summed E-state index contributed by atoms with van der Waals surface area (Å²) in [5.41, 5.74) is 5.48. The van der Waals surface area contributed by atoms with Crippen molar-refractivity contribution in [3.05, 3.63) is 0 Å². The molecule has 6 heteroatoms. The zero-order valence-electron chi connectivity index (χ0n) is 9.80. The van der Waals surface area contributed by atoms with Crippen LogP contribution >= 0.6 is 0 Å². The smallest absolute Gasteiger partial charge is 0.218 e. The Morgan fingerprint density at radius 1 is 1.56 bits per heavy atom. The number of hydrogen-bond acceptors (Lipinski definition) is 4. The fourth-order valence-electron chi connectivity index (χ4n) is 2.16. The van der Waals surface area contributed by atoms with E-state index in [-0.39, 0.29) is 13.2 Å². The molecule has 0 aromatic heterocycles. The molecule has 0 radical (unpaired) electrons. The highest BCUT2D eigenvalue weighted by atomic mass is 32.2. The lowest BCUT2D eigenvalue weighted by molar-refractivity contribution is 0.259. The first kappa shape index (κ1) is 13.9. The van der Waals surface area contributed by atoms with Gasteiger partial charge in [0.1, 0.15) is 0 Å². The summed E-state index contributed by atoms with van der Waals surface area (Å²) in [6.45, 7) is 3.27. The van der Waals surface area contributed by atoms with Crippen molar-refractivity contribution in [3.63, 3.8) is 0 Å². The van der Waals surface area contributed by atoms with Crippen molar-refractivity contribution in [3.8, 4) is 0 Å². The summed E-state index contributed by atoms with van der Waals surface area (Å²) in [6.07, 6.45) is 2.09. The Balaban J connectivity index is 2.64. The number of rotatable bonds is 6. The Kier molecular flexibility index (Phi) is 5.17. The third-order valence-corrected chi connectivity index (χ3v) is 5.70. The van der Waals surface area contributed by atoms with E-state index in [1.807, 2.05) is 6.92 Å². The summed E-state index contributed by atoms with van der Waals surface area (Å²) in [5, 5.41) is 8.37. The van der Waals surface area contributed by atoms with E-state index in [0.29, 0.717) is 31.8 Å². The zero-order chi connectivity index (χ0) is 12.2. The van der Waals surface area contributed by atoms with E-state index in [1.54, 1.807) is 0 Å². The van der Waals surface area contributed by atoms with E-state index >= 15 is 0 Å². The van der Waals surface area contributed by atoms with E-state index in [1.165, 1.54) is 4.31 Å². The molecular formula is C10H22N2O3S. The van der Waals surface area contributed by atoms with Crippen molar-refractivity contribution in [2.24, 2.45) is 11.7 Å². The minimum Gasteiger partial charge on any atom is -0.396 e. The number of aliphatic hydroxyl groups excluding tert-OH is 1. The monoisotopic (exact) mass is 250 g/mol. The van der Waals surface area contributed by atoms with Crippen LogP contribution in [0.3, 0.4) is 0 Å². The highest BCUT2D eigenvalue weighted by molar-refractivity contribution is 7.89. The van der Waals surface area contributed by atoms with Gasteiger partial charge in [0.2, 0.25) is 10.0 Å². The molecule has 2 unspecified atom stereocenters. The average Bonchev–Trinajstić information content (AvgIpc) is 2.69. The first-order valence-electron chi connectivity index (χ1n) is 5.86. The largest absolute Gasteiger partial charge is 0.396 e. The standard InChI is InChI=1S/C10H22N2O3S/c1-2-10(7-11)16(14,15)12-5-3-9(8-12)4-6-13/h9-10,13H,2-8,11H2,1H3. The fraction of sp³-hybridized carbons (Fsp3) is 1.00. The predicted octanol–water partition coefficient (Wildman–Crippen LogP) is -0.242. The van der Waals surface area contributed by atoms with Gasteiger partial charge in [-0.1, -0.05) is 6.92 Å². The Hall–Kier alpha value is -0.170. The molecule has 1 fully saturated rings. The number of nitrogens with zero attached hydrogens (tertiary/aromatic N) is 1. The van der Waals surface area contributed by atoms with Crippen LogP contribution in [0, 0.1) is 5.92 Å². The Morgan fingerprint density at radius 3 is 2.75 bits per heavy atom. The molecule has 0 saturated carbocycles. The van der Waals surface area contributed by atoms with Crippen molar-refractivity contribution in [1.29, 1.82) is 0 Å². The molecule has 1 heterocycles. The molecule has 1 saturated heterocycles. The quantitative estimate of drug-likeness (QED) is 0.681. The van der Waals surface area contributed by atoms with Crippen molar-refractivity contribution >= 4 is 10.0 Å². The van der Waals surface area contributed by atoms with Crippen LogP contribution in [0.5, 0.6) is 0 Å². The second kappa shape index (κ2) is 5.95. The third kappa shape index (κ3) is 2.94. The summed E-state index contributed by atoms with van der Waals surface area (Å²) in [6, 6.07) is 0.